The molecule has 0 bridgehead atoms. The Morgan fingerprint density at radius 3 is 2.67 bits per heavy atom. The molecule has 1 aromatic carbocycles. The standard InChI is InChI=1S/C15H22ClNO3S/c1-15(2,3)17-9-11-8-12(16)4-5-14(11)20-13-6-7-21(18,19)10-13/h4-5,8,13,17H,6-7,9-10H2,1-3H3. The predicted molar refractivity (Wildman–Crippen MR) is 85.7 cm³/mol. The predicted octanol–water partition coefficient (Wildman–Crippen LogP) is 2.79. The number of ether oxygens (including phenoxy) is 1. The van der Waals surface area contributed by atoms with Crippen LogP contribution in [0.25, 0.3) is 0 Å². The van der Waals surface area contributed by atoms with E-state index < -0.39 is 9.84 Å². The summed E-state index contributed by atoms with van der Waals surface area (Å²) >= 11 is 6.05. The molecular weight excluding hydrogens is 310 g/mol. The first-order valence-corrected chi connectivity index (χ1v) is 9.25. The van der Waals surface area contributed by atoms with Crippen molar-refractivity contribution in [3.05, 3.63) is 28.8 Å². The highest BCUT2D eigenvalue weighted by atomic mass is 35.5. The van der Waals surface area contributed by atoms with E-state index in [2.05, 4.69) is 26.1 Å². The summed E-state index contributed by atoms with van der Waals surface area (Å²) in [7, 11) is -2.94. The average Bonchev–Trinajstić information content (AvgIpc) is 2.68. The first-order chi connectivity index (χ1) is 9.65. The summed E-state index contributed by atoms with van der Waals surface area (Å²) in [6.45, 7) is 6.88. The van der Waals surface area contributed by atoms with Gasteiger partial charge in [-0.2, -0.15) is 0 Å². The maximum Gasteiger partial charge on any atom is 0.154 e. The Bertz CT molecular complexity index is 608. The van der Waals surface area contributed by atoms with Gasteiger partial charge in [0, 0.05) is 22.7 Å². The van der Waals surface area contributed by atoms with Crippen molar-refractivity contribution in [2.45, 2.75) is 45.4 Å². The van der Waals surface area contributed by atoms with E-state index in [-0.39, 0.29) is 23.1 Å². The molecule has 0 aromatic heterocycles. The van der Waals surface area contributed by atoms with E-state index in [1.54, 1.807) is 6.07 Å². The highest BCUT2D eigenvalue weighted by molar-refractivity contribution is 7.91. The Morgan fingerprint density at radius 1 is 1.38 bits per heavy atom. The third-order valence-electron chi connectivity index (χ3n) is 3.32. The van der Waals surface area contributed by atoms with E-state index in [4.69, 9.17) is 16.3 Å². The van der Waals surface area contributed by atoms with Crippen LogP contribution in [-0.4, -0.2) is 31.6 Å². The second-order valence-electron chi connectivity index (χ2n) is 6.50. The average molecular weight is 332 g/mol. The van der Waals surface area contributed by atoms with Crippen molar-refractivity contribution in [2.75, 3.05) is 11.5 Å². The van der Waals surface area contributed by atoms with Crippen LogP contribution in [0, 0.1) is 0 Å². The van der Waals surface area contributed by atoms with Gasteiger partial charge < -0.3 is 10.1 Å². The van der Waals surface area contributed by atoms with Crippen LogP contribution in [0.1, 0.15) is 32.8 Å². The molecule has 0 amide bonds. The van der Waals surface area contributed by atoms with E-state index in [9.17, 15) is 8.42 Å². The Kier molecular flexibility index (Phi) is 4.85. The molecular formula is C15H22ClNO3S. The minimum Gasteiger partial charge on any atom is -0.489 e. The van der Waals surface area contributed by atoms with Crippen molar-refractivity contribution in [1.82, 2.24) is 5.32 Å². The van der Waals surface area contributed by atoms with Gasteiger partial charge in [-0.15, -0.1) is 0 Å². The molecule has 1 saturated heterocycles. The first kappa shape index (κ1) is 16.6. The number of hydrogen-bond acceptors (Lipinski definition) is 4. The summed E-state index contributed by atoms with van der Waals surface area (Å²) in [5.74, 6) is 1.01. The molecule has 1 fully saturated rings. The quantitative estimate of drug-likeness (QED) is 0.921. The summed E-state index contributed by atoms with van der Waals surface area (Å²) in [5.41, 5.74) is 0.928. The van der Waals surface area contributed by atoms with Crippen LogP contribution in [0.15, 0.2) is 18.2 Å². The molecule has 2 rings (SSSR count). The largest absolute Gasteiger partial charge is 0.489 e. The summed E-state index contributed by atoms with van der Waals surface area (Å²) in [4.78, 5) is 0. The van der Waals surface area contributed by atoms with Crippen LogP contribution >= 0.6 is 11.6 Å². The van der Waals surface area contributed by atoms with Crippen LogP contribution in [0.3, 0.4) is 0 Å². The molecule has 1 heterocycles. The zero-order valence-corrected chi connectivity index (χ0v) is 14.2. The smallest absolute Gasteiger partial charge is 0.154 e. The van der Waals surface area contributed by atoms with Crippen LogP contribution in [0.2, 0.25) is 5.02 Å². The Labute approximate surface area is 131 Å². The van der Waals surface area contributed by atoms with Gasteiger partial charge in [0.15, 0.2) is 9.84 Å². The van der Waals surface area contributed by atoms with Crippen LogP contribution in [0.5, 0.6) is 5.75 Å². The lowest BCUT2D eigenvalue weighted by atomic mass is 10.1. The van der Waals surface area contributed by atoms with Crippen molar-refractivity contribution in [1.29, 1.82) is 0 Å². The highest BCUT2D eigenvalue weighted by Crippen LogP contribution is 2.27. The number of halogens is 1. The molecule has 0 aliphatic carbocycles. The second kappa shape index (κ2) is 6.15. The lowest BCUT2D eigenvalue weighted by Crippen LogP contribution is -2.35. The minimum absolute atomic E-state index is 0.0176. The molecule has 21 heavy (non-hydrogen) atoms. The molecule has 118 valence electrons. The van der Waals surface area contributed by atoms with Crippen LogP contribution in [-0.2, 0) is 16.4 Å². The lowest BCUT2D eigenvalue weighted by Gasteiger charge is -2.22. The number of benzene rings is 1. The summed E-state index contributed by atoms with van der Waals surface area (Å²) < 4.78 is 28.9. The van der Waals surface area contributed by atoms with Gasteiger partial charge in [0.2, 0.25) is 0 Å². The molecule has 0 radical (unpaired) electrons. The zero-order valence-electron chi connectivity index (χ0n) is 12.6. The number of nitrogens with one attached hydrogen (secondary N) is 1. The van der Waals surface area contributed by atoms with Crippen molar-refractivity contribution < 1.29 is 13.2 Å². The third kappa shape index (κ3) is 5.16. The first-order valence-electron chi connectivity index (χ1n) is 7.05. The fourth-order valence-corrected chi connectivity index (χ4v) is 3.98. The van der Waals surface area contributed by atoms with E-state index in [0.29, 0.717) is 23.7 Å². The maximum atomic E-state index is 11.5. The van der Waals surface area contributed by atoms with Gasteiger partial charge in [-0.25, -0.2) is 8.42 Å². The van der Waals surface area contributed by atoms with Crippen LogP contribution in [0.4, 0.5) is 0 Å². The third-order valence-corrected chi connectivity index (χ3v) is 5.29. The van der Waals surface area contributed by atoms with Crippen molar-refractivity contribution in [2.24, 2.45) is 0 Å². The van der Waals surface area contributed by atoms with Gasteiger partial charge in [0.1, 0.15) is 11.9 Å². The van der Waals surface area contributed by atoms with E-state index in [1.165, 1.54) is 0 Å². The zero-order chi connectivity index (χ0) is 15.7. The topological polar surface area (TPSA) is 55.4 Å². The molecule has 1 N–H and O–H groups in total. The number of hydrogen-bond donors (Lipinski definition) is 1. The molecule has 6 heteroatoms. The molecule has 1 aromatic rings. The fourth-order valence-electron chi connectivity index (χ4n) is 2.19. The minimum atomic E-state index is -2.94. The van der Waals surface area contributed by atoms with Crippen molar-refractivity contribution in [3.63, 3.8) is 0 Å². The van der Waals surface area contributed by atoms with Gasteiger partial charge in [0.25, 0.3) is 0 Å². The number of sulfone groups is 1. The Morgan fingerprint density at radius 2 is 2.10 bits per heavy atom. The van der Waals surface area contributed by atoms with Crippen LogP contribution < -0.4 is 10.1 Å². The summed E-state index contributed by atoms with van der Waals surface area (Å²) in [6.07, 6.45) is 0.293. The molecule has 0 saturated carbocycles. The Balaban J connectivity index is 2.11. The SMILES string of the molecule is CC(C)(C)NCc1cc(Cl)ccc1OC1CCS(=O)(=O)C1. The molecule has 1 aliphatic rings. The number of rotatable bonds is 4. The fraction of sp³-hybridized carbons (Fsp3) is 0.600. The summed E-state index contributed by atoms with van der Waals surface area (Å²) in [5, 5.41) is 4.04. The highest BCUT2D eigenvalue weighted by Gasteiger charge is 2.29. The maximum absolute atomic E-state index is 11.5. The Hall–Kier alpha value is -0.780. The van der Waals surface area contributed by atoms with Gasteiger partial charge in [0.05, 0.1) is 11.5 Å². The molecule has 4 nitrogen and oxygen atoms in total. The van der Waals surface area contributed by atoms with Crippen molar-refractivity contribution >= 4 is 21.4 Å². The van der Waals surface area contributed by atoms with Gasteiger partial charge >= 0.3 is 0 Å². The van der Waals surface area contributed by atoms with E-state index in [1.807, 2.05) is 12.1 Å². The lowest BCUT2D eigenvalue weighted by molar-refractivity contribution is 0.225. The van der Waals surface area contributed by atoms with E-state index in [0.717, 1.165) is 5.56 Å². The normalized spacial score (nSPS) is 21.4. The van der Waals surface area contributed by atoms with Gasteiger partial charge in [-0.3, -0.25) is 0 Å². The monoisotopic (exact) mass is 331 g/mol. The van der Waals surface area contributed by atoms with Gasteiger partial charge in [-0.05, 0) is 45.4 Å². The molecule has 0 spiro atoms. The summed E-state index contributed by atoms with van der Waals surface area (Å²) in [6, 6.07) is 5.44. The van der Waals surface area contributed by atoms with Crippen molar-refractivity contribution in [3.8, 4) is 5.75 Å². The molecule has 1 aliphatic heterocycles. The molecule has 1 unspecified atom stereocenters. The molecule has 1 atom stereocenters. The van der Waals surface area contributed by atoms with Gasteiger partial charge in [-0.1, -0.05) is 11.6 Å². The van der Waals surface area contributed by atoms with E-state index >= 15 is 0 Å². The second-order valence-corrected chi connectivity index (χ2v) is 9.16.